The van der Waals surface area contributed by atoms with Crippen molar-refractivity contribution in [1.82, 2.24) is 24.6 Å². The minimum atomic E-state index is -0.471. The van der Waals surface area contributed by atoms with Crippen LogP contribution in [-0.2, 0) is 13.1 Å². The molecule has 25 heavy (non-hydrogen) atoms. The number of nitrogens with one attached hydrogen (secondary N) is 1. The number of aliphatic hydroxyl groups excluding tert-OH is 1. The van der Waals surface area contributed by atoms with Gasteiger partial charge in [-0.25, -0.2) is 4.98 Å². The molecule has 3 aromatic rings. The van der Waals surface area contributed by atoms with Crippen molar-refractivity contribution < 1.29 is 5.11 Å². The van der Waals surface area contributed by atoms with Crippen LogP contribution in [0.3, 0.4) is 0 Å². The van der Waals surface area contributed by atoms with E-state index in [9.17, 15) is 5.11 Å². The second-order valence-corrected chi connectivity index (χ2v) is 7.02. The minimum absolute atomic E-state index is 0.235. The van der Waals surface area contributed by atoms with E-state index in [0.29, 0.717) is 13.1 Å². The summed E-state index contributed by atoms with van der Waals surface area (Å²) in [5, 5.41) is 18.1. The molecule has 6 heteroatoms. The molecule has 0 fully saturated rings. The number of imidazole rings is 1. The van der Waals surface area contributed by atoms with Crippen molar-refractivity contribution in [1.29, 1.82) is 0 Å². The van der Waals surface area contributed by atoms with Crippen LogP contribution in [-0.4, -0.2) is 43.1 Å². The first-order chi connectivity index (χ1) is 11.9. The summed E-state index contributed by atoms with van der Waals surface area (Å²) in [6.45, 7) is 10.2. The highest BCUT2D eigenvalue weighted by molar-refractivity contribution is 5.77. The molecule has 2 heterocycles. The lowest BCUT2D eigenvalue weighted by Gasteiger charge is -2.18. The van der Waals surface area contributed by atoms with Gasteiger partial charge in [-0.1, -0.05) is 0 Å². The van der Waals surface area contributed by atoms with Crippen molar-refractivity contribution in [3.8, 4) is 0 Å². The van der Waals surface area contributed by atoms with Crippen molar-refractivity contribution in [2.75, 3.05) is 6.54 Å². The van der Waals surface area contributed by atoms with Gasteiger partial charge in [0.15, 0.2) is 0 Å². The molecule has 0 radical (unpaired) electrons. The molecule has 2 aromatic heterocycles. The van der Waals surface area contributed by atoms with Gasteiger partial charge in [0.1, 0.15) is 0 Å². The number of benzene rings is 1. The van der Waals surface area contributed by atoms with Crippen molar-refractivity contribution in [2.24, 2.45) is 0 Å². The zero-order valence-corrected chi connectivity index (χ0v) is 15.4. The Hall–Kier alpha value is -2.18. The van der Waals surface area contributed by atoms with Gasteiger partial charge in [-0.15, -0.1) is 0 Å². The normalized spacial score (nSPS) is 14.1. The first-order valence-corrected chi connectivity index (χ1v) is 8.75. The Kier molecular flexibility index (Phi) is 5.20. The summed E-state index contributed by atoms with van der Waals surface area (Å²) >= 11 is 0. The molecule has 2 N–H and O–H groups in total. The quantitative estimate of drug-likeness (QED) is 0.691. The standard InChI is InChI=1S/C19H27N5O/c1-13-7-22-24(9-13)10-16(4)20-8-17(25)11-23-12-21-18-5-14(2)15(3)6-19(18)23/h5-7,9,12,16-17,20,25H,8,10-11H2,1-4H3/t16-,17+/m1/s1. The second-order valence-electron chi connectivity index (χ2n) is 7.02. The average Bonchev–Trinajstić information content (AvgIpc) is 3.13. The van der Waals surface area contributed by atoms with E-state index in [1.54, 1.807) is 0 Å². The van der Waals surface area contributed by atoms with Gasteiger partial charge in [-0.2, -0.15) is 5.10 Å². The third kappa shape index (κ3) is 4.27. The number of rotatable bonds is 7. The highest BCUT2D eigenvalue weighted by Crippen LogP contribution is 2.18. The fourth-order valence-electron chi connectivity index (χ4n) is 3.00. The number of hydrogen-bond acceptors (Lipinski definition) is 4. The van der Waals surface area contributed by atoms with Crippen LogP contribution in [0.2, 0.25) is 0 Å². The van der Waals surface area contributed by atoms with Crippen LogP contribution >= 0.6 is 0 Å². The van der Waals surface area contributed by atoms with E-state index in [4.69, 9.17) is 0 Å². The highest BCUT2D eigenvalue weighted by atomic mass is 16.3. The summed E-state index contributed by atoms with van der Waals surface area (Å²) in [7, 11) is 0. The van der Waals surface area contributed by atoms with Crippen LogP contribution < -0.4 is 5.32 Å². The first-order valence-electron chi connectivity index (χ1n) is 8.75. The SMILES string of the molecule is Cc1cnn(C[C@@H](C)NC[C@H](O)Cn2cnc3cc(C)c(C)cc32)c1. The van der Waals surface area contributed by atoms with E-state index in [-0.39, 0.29) is 6.04 Å². The number of aryl methyl sites for hydroxylation is 3. The molecule has 0 saturated heterocycles. The van der Waals surface area contributed by atoms with Gasteiger partial charge in [0, 0.05) is 18.8 Å². The molecule has 6 nitrogen and oxygen atoms in total. The van der Waals surface area contributed by atoms with E-state index in [1.807, 2.05) is 34.9 Å². The predicted octanol–water partition coefficient (Wildman–Crippen LogP) is 2.20. The fourth-order valence-corrected chi connectivity index (χ4v) is 3.00. The number of hydrogen-bond donors (Lipinski definition) is 2. The van der Waals surface area contributed by atoms with E-state index >= 15 is 0 Å². The molecule has 1 aromatic carbocycles. The van der Waals surface area contributed by atoms with Gasteiger partial charge in [0.05, 0.1) is 42.8 Å². The van der Waals surface area contributed by atoms with Gasteiger partial charge in [-0.05, 0) is 56.5 Å². The summed E-state index contributed by atoms with van der Waals surface area (Å²) in [6.07, 6.45) is 5.22. The summed E-state index contributed by atoms with van der Waals surface area (Å²) in [5.74, 6) is 0. The molecule has 0 spiro atoms. The molecule has 0 amide bonds. The maximum Gasteiger partial charge on any atom is 0.0959 e. The summed E-state index contributed by atoms with van der Waals surface area (Å²) in [6, 6.07) is 4.47. The zero-order valence-electron chi connectivity index (χ0n) is 15.4. The summed E-state index contributed by atoms with van der Waals surface area (Å²) in [5.41, 5.74) is 5.69. The van der Waals surface area contributed by atoms with Crippen molar-refractivity contribution in [3.05, 3.63) is 47.5 Å². The molecule has 2 atom stereocenters. The van der Waals surface area contributed by atoms with Crippen molar-refractivity contribution >= 4 is 11.0 Å². The molecule has 0 bridgehead atoms. The molecular weight excluding hydrogens is 314 g/mol. The first kappa shape index (κ1) is 17.6. The molecule has 0 saturated carbocycles. The number of fused-ring (bicyclic) bond motifs is 1. The van der Waals surface area contributed by atoms with Crippen molar-refractivity contribution in [3.63, 3.8) is 0 Å². The molecular formula is C19H27N5O. The third-order valence-electron chi connectivity index (χ3n) is 4.57. The third-order valence-corrected chi connectivity index (χ3v) is 4.57. The van der Waals surface area contributed by atoms with Gasteiger partial charge in [-0.3, -0.25) is 4.68 Å². The maximum atomic E-state index is 10.4. The maximum absolute atomic E-state index is 10.4. The Morgan fingerprint density at radius 2 is 1.92 bits per heavy atom. The van der Waals surface area contributed by atoms with Gasteiger partial charge in [0.2, 0.25) is 0 Å². The number of aliphatic hydroxyl groups is 1. The summed E-state index contributed by atoms with van der Waals surface area (Å²) < 4.78 is 3.95. The monoisotopic (exact) mass is 341 g/mol. The fraction of sp³-hybridized carbons (Fsp3) is 0.474. The smallest absolute Gasteiger partial charge is 0.0959 e. The van der Waals surface area contributed by atoms with Crippen LogP contribution in [0, 0.1) is 20.8 Å². The predicted molar refractivity (Wildman–Crippen MR) is 99.6 cm³/mol. The van der Waals surface area contributed by atoms with Crippen molar-refractivity contribution in [2.45, 2.75) is 52.9 Å². The summed E-state index contributed by atoms with van der Waals surface area (Å²) in [4.78, 5) is 4.45. The van der Waals surface area contributed by atoms with E-state index < -0.39 is 6.10 Å². The van der Waals surface area contributed by atoms with Crippen LogP contribution in [0.1, 0.15) is 23.6 Å². The number of nitrogens with zero attached hydrogens (tertiary/aromatic N) is 4. The largest absolute Gasteiger partial charge is 0.390 e. The molecule has 0 aliphatic rings. The average molecular weight is 341 g/mol. The topological polar surface area (TPSA) is 67.9 Å². The van der Waals surface area contributed by atoms with Crippen LogP contribution in [0.4, 0.5) is 0 Å². The number of aromatic nitrogens is 4. The van der Waals surface area contributed by atoms with Crippen LogP contribution in [0.5, 0.6) is 0 Å². The van der Waals surface area contributed by atoms with E-state index in [0.717, 1.165) is 23.1 Å². The lowest BCUT2D eigenvalue weighted by Crippen LogP contribution is -2.38. The van der Waals surface area contributed by atoms with Gasteiger partial charge >= 0.3 is 0 Å². The van der Waals surface area contributed by atoms with E-state index in [2.05, 4.69) is 48.3 Å². The Morgan fingerprint density at radius 1 is 1.16 bits per heavy atom. The Morgan fingerprint density at radius 3 is 2.64 bits per heavy atom. The zero-order chi connectivity index (χ0) is 18.0. The lowest BCUT2D eigenvalue weighted by atomic mass is 10.1. The highest BCUT2D eigenvalue weighted by Gasteiger charge is 2.11. The molecule has 0 aliphatic carbocycles. The Bertz CT molecular complexity index is 851. The second kappa shape index (κ2) is 7.37. The molecule has 134 valence electrons. The van der Waals surface area contributed by atoms with Crippen LogP contribution in [0.25, 0.3) is 11.0 Å². The molecule has 0 unspecified atom stereocenters. The molecule has 3 rings (SSSR count). The van der Waals surface area contributed by atoms with Gasteiger partial charge < -0.3 is 15.0 Å². The van der Waals surface area contributed by atoms with Gasteiger partial charge in [0.25, 0.3) is 0 Å². The lowest BCUT2D eigenvalue weighted by molar-refractivity contribution is 0.148. The molecule has 0 aliphatic heterocycles. The minimum Gasteiger partial charge on any atom is -0.390 e. The Labute approximate surface area is 148 Å². The van der Waals surface area contributed by atoms with E-state index in [1.165, 1.54) is 11.1 Å². The van der Waals surface area contributed by atoms with Crippen LogP contribution in [0.15, 0.2) is 30.9 Å². The Balaban J connectivity index is 1.55.